The molecular weight excluding hydrogens is 228 g/mol. The molecule has 0 radical (unpaired) electrons. The fourth-order valence-corrected chi connectivity index (χ4v) is 3.22. The van der Waals surface area contributed by atoms with E-state index in [0.717, 1.165) is 39.2 Å². The van der Waals surface area contributed by atoms with Gasteiger partial charge in [0.1, 0.15) is 0 Å². The van der Waals surface area contributed by atoms with Crippen molar-refractivity contribution in [3.05, 3.63) is 0 Å². The first kappa shape index (κ1) is 14.3. The molecule has 106 valence electrons. The molecule has 18 heavy (non-hydrogen) atoms. The Morgan fingerprint density at radius 3 is 2.94 bits per heavy atom. The monoisotopic (exact) mass is 256 g/mol. The maximum atomic E-state index is 9.16. The van der Waals surface area contributed by atoms with Crippen LogP contribution in [0.1, 0.15) is 32.6 Å². The van der Waals surface area contributed by atoms with Gasteiger partial charge in [0.15, 0.2) is 0 Å². The Balaban J connectivity index is 1.82. The normalized spacial score (nSPS) is 31.7. The number of rotatable bonds is 5. The van der Waals surface area contributed by atoms with Crippen molar-refractivity contribution in [2.45, 2.75) is 44.8 Å². The highest BCUT2D eigenvalue weighted by Gasteiger charge is 2.27. The maximum absolute atomic E-state index is 9.16. The van der Waals surface area contributed by atoms with Crippen molar-refractivity contribution in [2.24, 2.45) is 0 Å². The van der Waals surface area contributed by atoms with Crippen LogP contribution in [0.25, 0.3) is 0 Å². The number of nitrogens with zero attached hydrogens (tertiary/aromatic N) is 2. The van der Waals surface area contributed by atoms with E-state index in [1.165, 1.54) is 25.8 Å². The summed E-state index contributed by atoms with van der Waals surface area (Å²) in [7, 11) is 0. The molecule has 2 fully saturated rings. The Hall–Kier alpha value is -0.160. The van der Waals surface area contributed by atoms with Crippen LogP contribution in [0.2, 0.25) is 0 Å². The zero-order valence-electron chi connectivity index (χ0n) is 11.7. The van der Waals surface area contributed by atoms with E-state index < -0.39 is 0 Å². The lowest BCUT2D eigenvalue weighted by molar-refractivity contribution is -0.0521. The zero-order valence-corrected chi connectivity index (χ0v) is 11.7. The van der Waals surface area contributed by atoms with Gasteiger partial charge in [-0.3, -0.25) is 9.80 Å². The number of piperidine rings is 1. The molecule has 0 bridgehead atoms. The average molecular weight is 256 g/mol. The van der Waals surface area contributed by atoms with Crippen LogP contribution >= 0.6 is 0 Å². The fraction of sp³-hybridized carbons (Fsp3) is 1.00. The Labute approximate surface area is 111 Å². The molecular formula is C14H28N2O2. The van der Waals surface area contributed by atoms with Gasteiger partial charge < -0.3 is 9.84 Å². The van der Waals surface area contributed by atoms with Gasteiger partial charge in [0.25, 0.3) is 0 Å². The van der Waals surface area contributed by atoms with E-state index in [1.54, 1.807) is 0 Å². The second kappa shape index (κ2) is 7.43. The van der Waals surface area contributed by atoms with Gasteiger partial charge >= 0.3 is 0 Å². The zero-order chi connectivity index (χ0) is 12.8. The number of morpholine rings is 1. The molecule has 1 N–H and O–H groups in total. The van der Waals surface area contributed by atoms with Crippen molar-refractivity contribution in [3.63, 3.8) is 0 Å². The topological polar surface area (TPSA) is 35.9 Å². The van der Waals surface area contributed by atoms with Gasteiger partial charge in [-0.25, -0.2) is 0 Å². The summed E-state index contributed by atoms with van der Waals surface area (Å²) in [5.41, 5.74) is 0. The number of ether oxygens (including phenoxy) is 1. The average Bonchev–Trinajstić information content (AvgIpc) is 2.41. The van der Waals surface area contributed by atoms with Crippen LogP contribution < -0.4 is 0 Å². The van der Waals surface area contributed by atoms with E-state index in [1.807, 2.05) is 0 Å². The van der Waals surface area contributed by atoms with E-state index >= 15 is 0 Å². The van der Waals surface area contributed by atoms with E-state index in [2.05, 4.69) is 16.7 Å². The Morgan fingerprint density at radius 1 is 1.28 bits per heavy atom. The summed E-state index contributed by atoms with van der Waals surface area (Å²) < 4.78 is 5.89. The summed E-state index contributed by atoms with van der Waals surface area (Å²) in [5, 5.41) is 9.16. The molecule has 0 aromatic heterocycles. The second-order valence-corrected chi connectivity index (χ2v) is 5.54. The largest absolute Gasteiger partial charge is 0.396 e. The van der Waals surface area contributed by atoms with Crippen LogP contribution in [0.4, 0.5) is 0 Å². The Kier molecular flexibility index (Phi) is 5.89. The van der Waals surface area contributed by atoms with Crippen LogP contribution in [0.15, 0.2) is 0 Å². The molecule has 4 nitrogen and oxygen atoms in total. The van der Waals surface area contributed by atoms with Gasteiger partial charge in [-0.05, 0) is 32.4 Å². The predicted molar refractivity (Wildman–Crippen MR) is 72.8 cm³/mol. The van der Waals surface area contributed by atoms with Gasteiger partial charge in [0, 0.05) is 32.3 Å². The molecule has 2 heterocycles. The molecule has 0 aromatic rings. The Morgan fingerprint density at radius 2 is 2.17 bits per heavy atom. The number of aliphatic hydroxyl groups is 1. The van der Waals surface area contributed by atoms with E-state index in [-0.39, 0.29) is 0 Å². The molecule has 4 heteroatoms. The van der Waals surface area contributed by atoms with Crippen molar-refractivity contribution >= 4 is 0 Å². The lowest BCUT2D eigenvalue weighted by atomic mass is 9.99. The maximum Gasteiger partial charge on any atom is 0.0829 e. The smallest absolute Gasteiger partial charge is 0.0829 e. The fourth-order valence-electron chi connectivity index (χ4n) is 3.22. The molecule has 0 saturated carbocycles. The van der Waals surface area contributed by atoms with Crippen molar-refractivity contribution < 1.29 is 9.84 Å². The van der Waals surface area contributed by atoms with Gasteiger partial charge in [0.05, 0.1) is 12.7 Å². The molecule has 2 aliphatic heterocycles. The van der Waals surface area contributed by atoms with Crippen LogP contribution in [-0.4, -0.2) is 73.0 Å². The SMILES string of the molecule is CCN1CCOC(CN2CCCCC2CCO)C1. The minimum atomic E-state index is 0.313. The lowest BCUT2D eigenvalue weighted by Crippen LogP contribution is -2.50. The third kappa shape index (κ3) is 3.92. The quantitative estimate of drug-likeness (QED) is 0.794. The van der Waals surface area contributed by atoms with E-state index in [9.17, 15) is 0 Å². The van der Waals surface area contributed by atoms with Crippen LogP contribution in [-0.2, 0) is 4.74 Å². The molecule has 2 unspecified atom stereocenters. The van der Waals surface area contributed by atoms with Gasteiger partial charge in [-0.1, -0.05) is 13.3 Å². The molecule has 2 rings (SSSR count). The Bertz CT molecular complexity index is 236. The number of hydrogen-bond donors (Lipinski definition) is 1. The summed E-state index contributed by atoms with van der Waals surface area (Å²) in [6.07, 6.45) is 5.13. The van der Waals surface area contributed by atoms with Crippen LogP contribution in [0.5, 0.6) is 0 Å². The van der Waals surface area contributed by atoms with Crippen molar-refractivity contribution in [2.75, 3.05) is 45.9 Å². The highest BCUT2D eigenvalue weighted by atomic mass is 16.5. The summed E-state index contributed by atoms with van der Waals surface area (Å²) >= 11 is 0. The summed E-state index contributed by atoms with van der Waals surface area (Å²) in [6, 6.07) is 0.573. The molecule has 2 saturated heterocycles. The first-order valence-corrected chi connectivity index (χ1v) is 7.52. The van der Waals surface area contributed by atoms with Gasteiger partial charge in [0.2, 0.25) is 0 Å². The van der Waals surface area contributed by atoms with Crippen LogP contribution in [0, 0.1) is 0 Å². The summed E-state index contributed by atoms with van der Waals surface area (Å²) in [6.45, 7) is 8.90. The molecule has 0 spiro atoms. The molecule has 0 aliphatic carbocycles. The standard InChI is InChI=1S/C14H28N2O2/c1-2-15-8-10-18-14(11-15)12-16-7-4-3-5-13(16)6-9-17/h13-14,17H,2-12H2,1H3. The number of likely N-dealkylation sites (tertiary alicyclic amines) is 1. The summed E-state index contributed by atoms with van der Waals surface area (Å²) in [5.74, 6) is 0. The molecule has 0 amide bonds. The molecule has 2 atom stereocenters. The lowest BCUT2D eigenvalue weighted by Gasteiger charge is -2.40. The third-order valence-corrected chi connectivity index (χ3v) is 4.32. The first-order chi connectivity index (χ1) is 8.83. The van der Waals surface area contributed by atoms with Gasteiger partial charge in [-0.2, -0.15) is 0 Å². The van der Waals surface area contributed by atoms with Crippen molar-refractivity contribution in [3.8, 4) is 0 Å². The van der Waals surface area contributed by atoms with Crippen LogP contribution in [0.3, 0.4) is 0 Å². The minimum absolute atomic E-state index is 0.313. The predicted octanol–water partition coefficient (Wildman–Crippen LogP) is 0.944. The second-order valence-electron chi connectivity index (χ2n) is 5.54. The van der Waals surface area contributed by atoms with Crippen molar-refractivity contribution in [1.29, 1.82) is 0 Å². The number of aliphatic hydroxyl groups excluding tert-OH is 1. The highest BCUT2D eigenvalue weighted by Crippen LogP contribution is 2.20. The van der Waals surface area contributed by atoms with Crippen molar-refractivity contribution in [1.82, 2.24) is 9.80 Å². The molecule has 0 aromatic carbocycles. The van der Waals surface area contributed by atoms with E-state index in [0.29, 0.717) is 18.8 Å². The van der Waals surface area contributed by atoms with Gasteiger partial charge in [-0.15, -0.1) is 0 Å². The highest BCUT2D eigenvalue weighted by molar-refractivity contribution is 4.81. The minimum Gasteiger partial charge on any atom is -0.396 e. The third-order valence-electron chi connectivity index (χ3n) is 4.32. The number of likely N-dealkylation sites (N-methyl/N-ethyl adjacent to an activating group) is 1. The molecule has 2 aliphatic rings. The first-order valence-electron chi connectivity index (χ1n) is 7.52. The van der Waals surface area contributed by atoms with E-state index in [4.69, 9.17) is 9.84 Å². The number of hydrogen-bond acceptors (Lipinski definition) is 4. The summed E-state index contributed by atoms with van der Waals surface area (Å²) in [4.78, 5) is 5.02.